The monoisotopic (exact) mass is 328 g/mol. The van der Waals surface area contributed by atoms with Gasteiger partial charge >= 0.3 is 0 Å². The van der Waals surface area contributed by atoms with Crippen LogP contribution in [0.5, 0.6) is 11.8 Å². The van der Waals surface area contributed by atoms with E-state index in [2.05, 4.69) is 37.9 Å². The third-order valence-corrected chi connectivity index (χ3v) is 3.95. The molecule has 0 amide bonds. The predicted octanol–water partition coefficient (Wildman–Crippen LogP) is 2.98. The van der Waals surface area contributed by atoms with Crippen molar-refractivity contribution in [3.63, 3.8) is 0 Å². The Balaban J connectivity index is 1.57. The zero-order chi connectivity index (χ0) is 17.3. The molecule has 0 unspecified atom stereocenters. The number of hydrogen-bond donors (Lipinski definition) is 0. The first kappa shape index (κ1) is 16.6. The maximum absolute atomic E-state index is 11.4. The largest absolute Gasteiger partial charge is 0.490 e. The third kappa shape index (κ3) is 3.96. The third-order valence-electron chi connectivity index (χ3n) is 3.95. The lowest BCUT2D eigenvalue weighted by molar-refractivity contribution is 0.143. The summed E-state index contributed by atoms with van der Waals surface area (Å²) in [4.78, 5) is 15.3. The van der Waals surface area contributed by atoms with Crippen LogP contribution in [0.25, 0.3) is 0 Å². The highest BCUT2D eigenvalue weighted by Crippen LogP contribution is 2.23. The molecule has 2 heterocycles. The molecule has 0 saturated carbocycles. The fourth-order valence-electron chi connectivity index (χ4n) is 2.89. The molecule has 3 rings (SSSR count). The summed E-state index contributed by atoms with van der Waals surface area (Å²) >= 11 is 0. The number of rotatable bonds is 4. The summed E-state index contributed by atoms with van der Waals surface area (Å²) in [6, 6.07) is 10.1. The maximum Gasteiger partial charge on any atom is 0.300 e. The Morgan fingerprint density at radius 2 is 2.00 bits per heavy atom. The molecular formula is C19H24N2O3. The molecule has 128 valence electrons. The number of hydrogen-bond acceptors (Lipinski definition) is 4. The van der Waals surface area contributed by atoms with Crippen LogP contribution in [0, 0.1) is 12.3 Å². The topological polar surface area (TPSA) is 53.4 Å². The highest BCUT2D eigenvalue weighted by atomic mass is 16.6. The first-order valence-corrected chi connectivity index (χ1v) is 8.27. The van der Waals surface area contributed by atoms with Crippen LogP contribution >= 0.6 is 0 Å². The van der Waals surface area contributed by atoms with Crippen LogP contribution < -0.4 is 15.0 Å². The van der Waals surface area contributed by atoms with Crippen LogP contribution in [-0.4, -0.2) is 22.3 Å². The number of aromatic nitrogens is 2. The standard InChI is InChI=1S/C19H24N2O3/c1-13-9-17(22)20-18-21(13)11-16(24-18)12-23-15-7-5-14(6-8-15)10-19(2,3)4/h5-9,16H,10-12H2,1-4H3/t16-/m0/s1. The molecule has 1 aromatic heterocycles. The molecule has 5 heteroatoms. The average molecular weight is 328 g/mol. The van der Waals surface area contributed by atoms with E-state index in [-0.39, 0.29) is 17.1 Å². The van der Waals surface area contributed by atoms with E-state index in [1.165, 1.54) is 11.6 Å². The van der Waals surface area contributed by atoms with Crippen LogP contribution in [-0.2, 0) is 13.0 Å². The molecule has 1 atom stereocenters. The molecule has 0 radical (unpaired) electrons. The van der Waals surface area contributed by atoms with Gasteiger partial charge in [0.25, 0.3) is 11.6 Å². The summed E-state index contributed by atoms with van der Waals surface area (Å²) in [7, 11) is 0. The first-order valence-electron chi connectivity index (χ1n) is 8.27. The number of benzene rings is 1. The highest BCUT2D eigenvalue weighted by molar-refractivity contribution is 5.28. The second kappa shape index (κ2) is 6.30. The van der Waals surface area contributed by atoms with Crippen LogP contribution in [0.3, 0.4) is 0 Å². The molecule has 1 aliphatic heterocycles. The van der Waals surface area contributed by atoms with Crippen molar-refractivity contribution >= 4 is 0 Å². The molecule has 1 aromatic carbocycles. The zero-order valence-electron chi connectivity index (χ0n) is 14.7. The highest BCUT2D eigenvalue weighted by Gasteiger charge is 2.25. The van der Waals surface area contributed by atoms with Crippen LogP contribution in [0.2, 0.25) is 0 Å². The number of aryl methyl sites for hydroxylation is 1. The maximum atomic E-state index is 11.4. The molecule has 0 aliphatic carbocycles. The fourth-order valence-corrected chi connectivity index (χ4v) is 2.89. The molecule has 0 saturated heterocycles. The van der Waals surface area contributed by atoms with Crippen molar-refractivity contribution in [2.45, 2.75) is 46.8 Å². The molecule has 5 nitrogen and oxygen atoms in total. The Kier molecular flexibility index (Phi) is 4.35. The van der Waals surface area contributed by atoms with Crippen molar-refractivity contribution in [2.75, 3.05) is 6.61 Å². The molecule has 0 N–H and O–H groups in total. The van der Waals surface area contributed by atoms with E-state index in [0.717, 1.165) is 17.9 Å². The van der Waals surface area contributed by atoms with E-state index in [0.29, 0.717) is 19.2 Å². The van der Waals surface area contributed by atoms with Gasteiger partial charge in [-0.15, -0.1) is 0 Å². The quantitative estimate of drug-likeness (QED) is 0.866. The lowest BCUT2D eigenvalue weighted by Crippen LogP contribution is -2.23. The lowest BCUT2D eigenvalue weighted by Gasteiger charge is -2.18. The normalized spacial score (nSPS) is 16.6. The lowest BCUT2D eigenvalue weighted by atomic mass is 9.88. The van der Waals surface area contributed by atoms with Gasteiger partial charge in [0, 0.05) is 11.8 Å². The Hall–Kier alpha value is -2.30. The van der Waals surface area contributed by atoms with E-state index in [1.807, 2.05) is 23.6 Å². The summed E-state index contributed by atoms with van der Waals surface area (Å²) in [6.45, 7) is 9.65. The second-order valence-electron chi connectivity index (χ2n) is 7.56. The molecule has 2 aromatic rings. The van der Waals surface area contributed by atoms with E-state index in [4.69, 9.17) is 9.47 Å². The van der Waals surface area contributed by atoms with Gasteiger partial charge in [0.15, 0.2) is 6.10 Å². The second-order valence-corrected chi connectivity index (χ2v) is 7.56. The van der Waals surface area contributed by atoms with Gasteiger partial charge in [-0.25, -0.2) is 0 Å². The minimum atomic E-state index is -0.269. The fraction of sp³-hybridized carbons (Fsp3) is 0.474. The van der Waals surface area contributed by atoms with Gasteiger partial charge in [-0.2, -0.15) is 4.98 Å². The molecule has 0 spiro atoms. The van der Waals surface area contributed by atoms with Gasteiger partial charge in [-0.1, -0.05) is 32.9 Å². The van der Waals surface area contributed by atoms with Gasteiger partial charge in [0.2, 0.25) is 0 Å². The summed E-state index contributed by atoms with van der Waals surface area (Å²) in [5, 5.41) is 0. The van der Waals surface area contributed by atoms with Crippen molar-refractivity contribution in [3.8, 4) is 11.8 Å². The van der Waals surface area contributed by atoms with Crippen LogP contribution in [0.15, 0.2) is 35.1 Å². The summed E-state index contributed by atoms with van der Waals surface area (Å²) < 4.78 is 13.4. The Bertz CT molecular complexity index is 773. The van der Waals surface area contributed by atoms with Gasteiger partial charge in [-0.05, 0) is 36.5 Å². The van der Waals surface area contributed by atoms with Crippen molar-refractivity contribution in [1.29, 1.82) is 0 Å². The smallest absolute Gasteiger partial charge is 0.300 e. The van der Waals surface area contributed by atoms with E-state index < -0.39 is 0 Å². The molecular weight excluding hydrogens is 304 g/mol. The molecule has 1 aliphatic rings. The number of nitrogens with zero attached hydrogens (tertiary/aromatic N) is 2. The van der Waals surface area contributed by atoms with E-state index in [9.17, 15) is 4.79 Å². The van der Waals surface area contributed by atoms with Crippen LogP contribution in [0.4, 0.5) is 0 Å². The predicted molar refractivity (Wildman–Crippen MR) is 92.7 cm³/mol. The first-order chi connectivity index (χ1) is 11.3. The van der Waals surface area contributed by atoms with Crippen molar-refractivity contribution in [1.82, 2.24) is 9.55 Å². The summed E-state index contributed by atoms with van der Waals surface area (Å²) in [6.07, 6.45) is 0.903. The van der Waals surface area contributed by atoms with Gasteiger partial charge in [-0.3, -0.25) is 9.36 Å². The Morgan fingerprint density at radius 3 is 2.67 bits per heavy atom. The van der Waals surface area contributed by atoms with Gasteiger partial charge in [0.1, 0.15) is 12.4 Å². The average Bonchev–Trinajstić information content (AvgIpc) is 2.88. The number of fused-ring (bicyclic) bond motifs is 1. The Morgan fingerprint density at radius 1 is 1.29 bits per heavy atom. The van der Waals surface area contributed by atoms with Gasteiger partial charge < -0.3 is 9.47 Å². The van der Waals surface area contributed by atoms with Crippen molar-refractivity contribution < 1.29 is 9.47 Å². The number of ether oxygens (including phenoxy) is 2. The molecule has 0 fully saturated rings. The minimum Gasteiger partial charge on any atom is -0.490 e. The molecule has 24 heavy (non-hydrogen) atoms. The zero-order valence-corrected chi connectivity index (χ0v) is 14.7. The summed E-state index contributed by atoms with van der Waals surface area (Å²) in [5.41, 5.74) is 2.17. The molecule has 0 bridgehead atoms. The van der Waals surface area contributed by atoms with Crippen molar-refractivity contribution in [2.24, 2.45) is 5.41 Å². The summed E-state index contributed by atoms with van der Waals surface area (Å²) in [5.74, 6) is 0.825. The van der Waals surface area contributed by atoms with E-state index in [1.54, 1.807) is 0 Å². The van der Waals surface area contributed by atoms with E-state index >= 15 is 0 Å². The minimum absolute atomic E-state index is 0.132. The SMILES string of the molecule is Cc1cc(=O)nc2n1C[C@@H](COc1ccc(CC(C)(C)C)cc1)O2. The Labute approximate surface area is 142 Å². The van der Waals surface area contributed by atoms with Crippen LogP contribution in [0.1, 0.15) is 32.0 Å². The van der Waals surface area contributed by atoms with Gasteiger partial charge in [0.05, 0.1) is 6.54 Å². The van der Waals surface area contributed by atoms with Crippen molar-refractivity contribution in [3.05, 3.63) is 51.9 Å².